The molecule has 8 aliphatic carbocycles. The van der Waals surface area contributed by atoms with Gasteiger partial charge < -0.3 is 10.2 Å². The third-order valence-corrected chi connectivity index (χ3v) is 18.8. The number of Topliss-reactive ketones (excluding diaryl/α,β-unsaturated/α-hetero) is 2. The van der Waals surface area contributed by atoms with Crippen LogP contribution in [0.5, 0.6) is 0 Å². The number of benzene rings is 3. The van der Waals surface area contributed by atoms with Gasteiger partial charge in [-0.3, -0.25) is 14.4 Å². The van der Waals surface area contributed by atoms with Gasteiger partial charge >= 0.3 is 0 Å². The summed E-state index contributed by atoms with van der Waals surface area (Å²) in [4.78, 5) is 37.2. The first-order valence-electron chi connectivity index (χ1n) is 25.0. The van der Waals surface area contributed by atoms with E-state index in [1.165, 1.54) is 70.2 Å². The van der Waals surface area contributed by atoms with Gasteiger partial charge in [0, 0.05) is 29.1 Å². The number of rotatable bonds is 3. The normalized spacial score (nSPS) is 35.2. The van der Waals surface area contributed by atoms with Gasteiger partial charge in [0.05, 0.1) is 23.0 Å². The Hall–Kier alpha value is -4.19. The first-order valence-corrected chi connectivity index (χ1v) is 25.0. The predicted octanol–water partition coefficient (Wildman–Crippen LogP) is 12.2. The van der Waals surface area contributed by atoms with Crippen LogP contribution in [0, 0.1) is 37.0 Å². The summed E-state index contributed by atoms with van der Waals surface area (Å²) in [6.45, 7) is 19.8. The number of aliphatic hydroxyl groups excluding tert-OH is 2. The largest absolute Gasteiger partial charge is 0.393 e. The lowest BCUT2D eigenvalue weighted by Crippen LogP contribution is -2.40. The molecule has 5 heteroatoms. The second-order valence-corrected chi connectivity index (χ2v) is 23.4. The number of allylic oxidation sites excluding steroid dienone is 5. The molecule has 0 aliphatic heterocycles. The Morgan fingerprint density at radius 1 is 0.508 bits per heavy atom. The van der Waals surface area contributed by atoms with Gasteiger partial charge in [0.25, 0.3) is 0 Å². The Kier molecular flexibility index (Phi) is 11.5. The van der Waals surface area contributed by atoms with Crippen LogP contribution in [-0.2, 0) is 49.9 Å². The van der Waals surface area contributed by atoms with Crippen molar-refractivity contribution in [3.63, 3.8) is 0 Å². The van der Waals surface area contributed by atoms with E-state index in [0.717, 1.165) is 50.5 Å². The number of hydrogen-bond acceptors (Lipinski definition) is 5. The highest BCUT2D eigenvalue weighted by atomic mass is 16.3. The molecule has 2 saturated carbocycles. The van der Waals surface area contributed by atoms with E-state index in [2.05, 4.69) is 109 Å². The van der Waals surface area contributed by atoms with Crippen molar-refractivity contribution in [2.45, 2.75) is 193 Å². The zero-order chi connectivity index (χ0) is 46.5. The summed E-state index contributed by atoms with van der Waals surface area (Å²) < 4.78 is 0. The van der Waals surface area contributed by atoms with Crippen molar-refractivity contribution in [2.75, 3.05) is 0 Å². The maximum absolute atomic E-state index is 12.7. The van der Waals surface area contributed by atoms with E-state index in [1.54, 1.807) is 28.3 Å². The van der Waals surface area contributed by atoms with Gasteiger partial charge in [0.2, 0.25) is 0 Å². The Bertz CT molecular complexity index is 2590. The Labute approximate surface area is 389 Å². The minimum atomic E-state index is -0.516. The SMILES string of the molecule is Cc1ccc2c(c1)CCC(=O)[C@@]2(C)CC[C@@]1(C)C[C@@H](O)CC1=O.Cc1ccc2c(c1)CCC1=C3C=CC(=O)[C@@]3(C)CC[C@]12C.Cc1ccc2c(c1)CCC1=C3C[C@H](O)C[C@]3(C)CC[C@]12C. The third-order valence-electron chi connectivity index (χ3n) is 18.8. The molecule has 65 heavy (non-hydrogen) atoms. The molecule has 2 N–H and O–H groups in total. The van der Waals surface area contributed by atoms with Crippen LogP contribution in [0.1, 0.15) is 175 Å². The maximum Gasteiger partial charge on any atom is 0.165 e. The number of carbonyl (C=O) groups is 3. The van der Waals surface area contributed by atoms with E-state index in [-0.39, 0.29) is 45.8 Å². The molecule has 2 fully saturated rings. The molecule has 0 heterocycles. The highest BCUT2D eigenvalue weighted by Gasteiger charge is 2.52. The van der Waals surface area contributed by atoms with Crippen molar-refractivity contribution >= 4 is 17.3 Å². The number of aliphatic hydroxyl groups is 2. The molecule has 0 radical (unpaired) electrons. The lowest BCUT2D eigenvalue weighted by molar-refractivity contribution is -0.128. The molecule has 0 aromatic heterocycles. The highest BCUT2D eigenvalue weighted by molar-refractivity contribution is 6.02. The van der Waals surface area contributed by atoms with Gasteiger partial charge in [-0.05, 0) is 175 Å². The maximum atomic E-state index is 12.7. The lowest BCUT2D eigenvalue weighted by Gasteiger charge is -2.48. The average molecular weight is 875 g/mol. The summed E-state index contributed by atoms with van der Waals surface area (Å²) in [6.07, 6.45) is 17.8. The number of fused-ring (bicyclic) bond motifs is 9. The zero-order valence-corrected chi connectivity index (χ0v) is 40.9. The monoisotopic (exact) mass is 875 g/mol. The van der Waals surface area contributed by atoms with Crippen LogP contribution in [0.2, 0.25) is 0 Å². The van der Waals surface area contributed by atoms with Crippen molar-refractivity contribution in [3.05, 3.63) is 139 Å². The van der Waals surface area contributed by atoms with Crippen molar-refractivity contribution in [2.24, 2.45) is 16.2 Å². The van der Waals surface area contributed by atoms with Gasteiger partial charge in [0.1, 0.15) is 11.6 Å². The average Bonchev–Trinajstić information content (AvgIpc) is 3.84. The topological polar surface area (TPSA) is 91.7 Å². The molecular weight excluding hydrogens is 801 g/mol. The second kappa shape index (κ2) is 16.3. The molecule has 0 amide bonds. The molecule has 3 aromatic carbocycles. The number of hydrogen-bond donors (Lipinski definition) is 2. The van der Waals surface area contributed by atoms with Crippen molar-refractivity contribution in [1.29, 1.82) is 0 Å². The van der Waals surface area contributed by atoms with Gasteiger partial charge in [-0.1, -0.05) is 122 Å². The molecule has 344 valence electrons. The summed E-state index contributed by atoms with van der Waals surface area (Å²) in [7, 11) is 0. The van der Waals surface area contributed by atoms with Crippen LogP contribution < -0.4 is 0 Å². The molecule has 8 aliphatic rings. The molecule has 0 saturated heterocycles. The van der Waals surface area contributed by atoms with E-state index < -0.39 is 16.9 Å². The Morgan fingerprint density at radius 3 is 1.62 bits per heavy atom. The number of carbonyl (C=O) groups excluding carboxylic acids is 3. The summed E-state index contributed by atoms with van der Waals surface area (Å²) in [5.41, 5.74) is 18.0. The molecule has 8 atom stereocenters. The second-order valence-electron chi connectivity index (χ2n) is 23.4. The van der Waals surface area contributed by atoms with Crippen LogP contribution in [-0.4, -0.2) is 39.8 Å². The van der Waals surface area contributed by atoms with E-state index >= 15 is 0 Å². The summed E-state index contributed by atoms with van der Waals surface area (Å²) in [6, 6.07) is 20.3. The molecule has 0 bridgehead atoms. The fourth-order valence-electron chi connectivity index (χ4n) is 14.5. The molecule has 11 rings (SSSR count). The van der Waals surface area contributed by atoms with E-state index in [0.29, 0.717) is 31.5 Å². The third kappa shape index (κ3) is 7.63. The lowest BCUT2D eigenvalue weighted by atomic mass is 9.56. The van der Waals surface area contributed by atoms with Gasteiger partial charge in [-0.2, -0.15) is 0 Å². The van der Waals surface area contributed by atoms with Crippen molar-refractivity contribution in [3.8, 4) is 0 Å². The number of aryl methyl sites for hydroxylation is 6. The quantitative estimate of drug-likeness (QED) is 0.256. The molecule has 0 unspecified atom stereocenters. The van der Waals surface area contributed by atoms with Crippen molar-refractivity contribution < 1.29 is 24.6 Å². The molecule has 0 spiro atoms. The first-order chi connectivity index (χ1) is 30.6. The minimum absolute atomic E-state index is 0.112. The van der Waals surface area contributed by atoms with Crippen LogP contribution in [0.3, 0.4) is 0 Å². The highest BCUT2D eigenvalue weighted by Crippen LogP contribution is 2.60. The molecule has 3 aromatic rings. The molecular formula is C60H74O5. The van der Waals surface area contributed by atoms with Crippen LogP contribution in [0.25, 0.3) is 0 Å². The van der Waals surface area contributed by atoms with Gasteiger partial charge in [0.15, 0.2) is 5.78 Å². The fourth-order valence-corrected chi connectivity index (χ4v) is 14.5. The van der Waals surface area contributed by atoms with Gasteiger partial charge in [-0.25, -0.2) is 0 Å². The smallest absolute Gasteiger partial charge is 0.165 e. The van der Waals surface area contributed by atoms with E-state index in [9.17, 15) is 24.6 Å². The minimum Gasteiger partial charge on any atom is -0.393 e. The number of ketones is 3. The standard InChI is InChI=1S/C20H26O3.C20H26O.C20H22O/c1-13-4-6-16-14(10-13)5-7-17(22)20(16,3)9-8-19(2)12-15(21)11-18(19)23;1-13-4-6-16-14(10-13)5-7-17-18-11-15(21)12-19(18,2)8-9-20(16,17)3;1-13-4-6-15-14(12-13)5-7-16-17-8-9-18(21)20(17,3)11-10-19(15,16)2/h4,6,10,15,21H,5,7-9,11-12H2,1-3H3;4,6,10,15,21H,5,7-9,11-12H2,1-3H3;4,6,8-9,12H,5,7,10-11H2,1-3H3/t2*15-,19-,20-;19-,20-/m000/s1. The van der Waals surface area contributed by atoms with E-state index in [4.69, 9.17) is 0 Å². The Balaban J connectivity index is 0.000000123. The van der Waals surface area contributed by atoms with Crippen LogP contribution in [0.4, 0.5) is 0 Å². The summed E-state index contributed by atoms with van der Waals surface area (Å²) in [5, 5.41) is 20.0. The Morgan fingerprint density at radius 2 is 1.02 bits per heavy atom. The zero-order valence-electron chi connectivity index (χ0n) is 40.9. The fraction of sp³-hybridized carbons (Fsp3) is 0.550. The molecule has 5 nitrogen and oxygen atoms in total. The van der Waals surface area contributed by atoms with Crippen molar-refractivity contribution in [1.82, 2.24) is 0 Å². The summed E-state index contributed by atoms with van der Waals surface area (Å²) >= 11 is 0. The first kappa shape index (κ1) is 45.9. The summed E-state index contributed by atoms with van der Waals surface area (Å²) in [5.74, 6) is 0.728. The van der Waals surface area contributed by atoms with Crippen LogP contribution >= 0.6 is 0 Å². The van der Waals surface area contributed by atoms with Gasteiger partial charge in [-0.15, -0.1) is 0 Å². The predicted molar refractivity (Wildman–Crippen MR) is 261 cm³/mol. The van der Waals surface area contributed by atoms with E-state index in [1.807, 2.05) is 13.8 Å². The van der Waals surface area contributed by atoms with Crippen LogP contribution in [0.15, 0.2) is 89.0 Å².